The van der Waals surface area contributed by atoms with Gasteiger partial charge in [-0.2, -0.15) is 0 Å². The molecule has 2 rings (SSSR count). The first-order chi connectivity index (χ1) is 16.4. The molecule has 0 aliphatic carbocycles. The van der Waals surface area contributed by atoms with Crippen molar-refractivity contribution < 1.29 is 34.7 Å². The monoisotopic (exact) mass is 494 g/mol. The van der Waals surface area contributed by atoms with Crippen molar-refractivity contribution in [3.63, 3.8) is 0 Å². The number of esters is 1. The number of carbonyl (C=O) groups excluding carboxylic acids is 1. The minimum Gasteiger partial charge on any atom is -0.457 e. The van der Waals surface area contributed by atoms with Crippen LogP contribution in [0.3, 0.4) is 0 Å². The van der Waals surface area contributed by atoms with Crippen molar-refractivity contribution in [1.29, 1.82) is 0 Å². The van der Waals surface area contributed by atoms with Crippen LogP contribution in [0.1, 0.15) is 73.6 Å². The van der Waals surface area contributed by atoms with E-state index in [0.717, 1.165) is 18.4 Å². The van der Waals surface area contributed by atoms with Gasteiger partial charge in [-0.15, -0.1) is 0 Å². The van der Waals surface area contributed by atoms with Crippen LogP contribution in [0.15, 0.2) is 36.0 Å². The average Bonchev–Trinajstić information content (AvgIpc) is 3.56. The van der Waals surface area contributed by atoms with E-state index in [1.807, 2.05) is 39.8 Å². The maximum atomic E-state index is 12.5. The molecule has 1 fully saturated rings. The van der Waals surface area contributed by atoms with E-state index in [-0.39, 0.29) is 55.3 Å². The van der Waals surface area contributed by atoms with Gasteiger partial charge in [0.25, 0.3) is 0 Å². The summed E-state index contributed by atoms with van der Waals surface area (Å²) < 4.78 is 11.5. The Labute approximate surface area is 210 Å². The number of hydrogen-bond donors (Lipinski definition) is 4. The van der Waals surface area contributed by atoms with E-state index in [1.165, 1.54) is 13.0 Å². The largest absolute Gasteiger partial charge is 0.457 e. The molecule has 2 aliphatic heterocycles. The number of aliphatic hydroxyl groups excluding tert-OH is 3. The summed E-state index contributed by atoms with van der Waals surface area (Å²) >= 11 is 0. The Morgan fingerprint density at radius 2 is 1.97 bits per heavy atom. The Morgan fingerprint density at radius 3 is 2.63 bits per heavy atom. The highest BCUT2D eigenvalue weighted by molar-refractivity contribution is 5.70. The van der Waals surface area contributed by atoms with Gasteiger partial charge in [0, 0.05) is 11.8 Å². The Bertz CT molecular complexity index is 771. The van der Waals surface area contributed by atoms with Crippen molar-refractivity contribution >= 4 is 5.97 Å². The van der Waals surface area contributed by atoms with E-state index in [9.17, 15) is 25.2 Å². The second-order valence-corrected chi connectivity index (χ2v) is 10.8. The first-order valence-corrected chi connectivity index (χ1v) is 13.0. The molecular weight excluding hydrogens is 448 g/mol. The maximum Gasteiger partial charge on any atom is 0.309 e. The smallest absolute Gasteiger partial charge is 0.309 e. The predicted molar refractivity (Wildman–Crippen MR) is 135 cm³/mol. The molecule has 0 aromatic carbocycles. The lowest BCUT2D eigenvalue weighted by atomic mass is 9.89. The number of hydrogen-bond acceptors (Lipinski definition) is 7. The topological polar surface area (TPSA) is 120 Å². The van der Waals surface area contributed by atoms with Gasteiger partial charge in [-0.05, 0) is 51.0 Å². The van der Waals surface area contributed by atoms with E-state index in [4.69, 9.17) is 9.47 Å². The summed E-state index contributed by atoms with van der Waals surface area (Å²) in [6.45, 7) is 11.4. The molecule has 10 atom stereocenters. The van der Waals surface area contributed by atoms with Crippen LogP contribution < -0.4 is 0 Å². The Balaban J connectivity index is 2.04. The summed E-state index contributed by atoms with van der Waals surface area (Å²) in [5.74, 6) is -0.317. The molecular formula is C28H46O7. The zero-order valence-corrected chi connectivity index (χ0v) is 22.1. The molecule has 0 saturated carbocycles. The zero-order chi connectivity index (χ0) is 26.3. The van der Waals surface area contributed by atoms with Crippen LogP contribution in [0.2, 0.25) is 0 Å². The first-order valence-electron chi connectivity index (χ1n) is 13.0. The SMILES string of the molecule is CCC(O)C(C)C1OC1CC(C)/C=C/C=C(\C)C1OC(=O)CC(O)CCC(C)(O)C(O)/C=C/C1C. The minimum atomic E-state index is -1.39. The molecule has 2 heterocycles. The average molecular weight is 495 g/mol. The zero-order valence-electron chi connectivity index (χ0n) is 22.1. The summed E-state index contributed by atoms with van der Waals surface area (Å²) in [6.07, 6.45) is 8.41. The molecule has 4 N–H and O–H groups in total. The molecule has 1 saturated heterocycles. The van der Waals surface area contributed by atoms with E-state index in [2.05, 4.69) is 13.0 Å². The number of allylic oxidation sites excluding steroid dienone is 3. The molecule has 0 aromatic rings. The molecule has 0 aromatic heterocycles. The van der Waals surface area contributed by atoms with Crippen molar-refractivity contribution in [2.75, 3.05) is 0 Å². The molecule has 10 unspecified atom stereocenters. The normalized spacial score (nSPS) is 38.7. The van der Waals surface area contributed by atoms with Crippen LogP contribution in [0.5, 0.6) is 0 Å². The molecule has 7 nitrogen and oxygen atoms in total. The second-order valence-electron chi connectivity index (χ2n) is 10.8. The number of epoxide rings is 1. The second kappa shape index (κ2) is 13.2. The van der Waals surface area contributed by atoms with E-state index in [0.29, 0.717) is 0 Å². The highest BCUT2D eigenvalue weighted by atomic mass is 16.6. The number of ether oxygens (including phenoxy) is 2. The summed E-state index contributed by atoms with van der Waals surface area (Å²) in [5, 5.41) is 41.1. The third kappa shape index (κ3) is 9.14. The highest BCUT2D eigenvalue weighted by Crippen LogP contribution is 2.36. The van der Waals surface area contributed by atoms with Crippen molar-refractivity contribution in [2.24, 2.45) is 17.8 Å². The van der Waals surface area contributed by atoms with Crippen molar-refractivity contribution in [3.05, 3.63) is 36.0 Å². The van der Waals surface area contributed by atoms with Gasteiger partial charge in [0.15, 0.2) is 0 Å². The van der Waals surface area contributed by atoms with Crippen molar-refractivity contribution in [2.45, 2.75) is 116 Å². The van der Waals surface area contributed by atoms with E-state index < -0.39 is 29.9 Å². The molecule has 35 heavy (non-hydrogen) atoms. The summed E-state index contributed by atoms with van der Waals surface area (Å²) in [5.41, 5.74) is -0.553. The highest BCUT2D eigenvalue weighted by Gasteiger charge is 2.44. The van der Waals surface area contributed by atoms with Gasteiger partial charge in [0.05, 0.1) is 36.4 Å². The first kappa shape index (κ1) is 29.7. The molecule has 0 amide bonds. The van der Waals surface area contributed by atoms with Crippen LogP contribution in [-0.2, 0) is 14.3 Å². The van der Waals surface area contributed by atoms with E-state index in [1.54, 1.807) is 6.08 Å². The minimum absolute atomic E-state index is 0.118. The van der Waals surface area contributed by atoms with Gasteiger partial charge in [-0.3, -0.25) is 4.79 Å². The fourth-order valence-electron chi connectivity index (χ4n) is 4.63. The van der Waals surface area contributed by atoms with Gasteiger partial charge in [-0.1, -0.05) is 58.1 Å². The Morgan fingerprint density at radius 1 is 1.29 bits per heavy atom. The third-order valence-corrected chi connectivity index (χ3v) is 7.37. The lowest BCUT2D eigenvalue weighted by molar-refractivity contribution is -0.151. The van der Waals surface area contributed by atoms with Crippen LogP contribution in [-0.4, -0.2) is 68.6 Å². The maximum absolute atomic E-state index is 12.5. The molecule has 0 spiro atoms. The molecule has 0 radical (unpaired) electrons. The predicted octanol–water partition coefficient (Wildman–Crippen LogP) is 3.45. The lowest BCUT2D eigenvalue weighted by Gasteiger charge is -2.30. The molecule has 7 heteroatoms. The summed E-state index contributed by atoms with van der Waals surface area (Å²) in [4.78, 5) is 12.5. The standard InChI is InChI=1S/C28H46O7/c1-7-22(30)20(5)27-23(34-27)15-17(2)9-8-10-18(3)26-19(4)11-12-24(31)28(6,33)14-13-21(29)16-25(32)35-26/h8-12,17,19-24,26-27,29-31,33H,7,13-16H2,1-6H3/b9-8+,12-11+,18-10+. The number of aliphatic hydroxyl groups is 4. The number of carbonyl (C=O) groups is 1. The van der Waals surface area contributed by atoms with Crippen LogP contribution in [0.4, 0.5) is 0 Å². The van der Waals surface area contributed by atoms with Crippen LogP contribution in [0, 0.1) is 17.8 Å². The van der Waals surface area contributed by atoms with Gasteiger partial charge < -0.3 is 29.9 Å². The molecule has 2 aliphatic rings. The third-order valence-electron chi connectivity index (χ3n) is 7.37. The van der Waals surface area contributed by atoms with Crippen LogP contribution >= 0.6 is 0 Å². The summed E-state index contributed by atoms with van der Waals surface area (Å²) in [6, 6.07) is 0. The fourth-order valence-corrected chi connectivity index (χ4v) is 4.63. The molecule has 0 bridgehead atoms. The Hall–Kier alpha value is -1.51. The fraction of sp³-hybridized carbons (Fsp3) is 0.750. The van der Waals surface area contributed by atoms with Gasteiger partial charge in [0.1, 0.15) is 12.2 Å². The van der Waals surface area contributed by atoms with Crippen molar-refractivity contribution in [3.8, 4) is 0 Å². The van der Waals surface area contributed by atoms with Gasteiger partial charge in [0.2, 0.25) is 0 Å². The summed E-state index contributed by atoms with van der Waals surface area (Å²) in [7, 11) is 0. The number of cyclic esters (lactones) is 1. The van der Waals surface area contributed by atoms with Crippen LogP contribution in [0.25, 0.3) is 0 Å². The van der Waals surface area contributed by atoms with Crippen molar-refractivity contribution in [1.82, 2.24) is 0 Å². The van der Waals surface area contributed by atoms with Gasteiger partial charge >= 0.3 is 5.97 Å². The quantitative estimate of drug-likeness (QED) is 0.177. The van der Waals surface area contributed by atoms with E-state index >= 15 is 0 Å². The van der Waals surface area contributed by atoms with Gasteiger partial charge in [-0.25, -0.2) is 0 Å². The number of rotatable bonds is 8. The lowest BCUT2D eigenvalue weighted by Crippen LogP contribution is -2.39. The Kier molecular flexibility index (Phi) is 11.2. The molecule has 200 valence electrons.